The van der Waals surface area contributed by atoms with Gasteiger partial charge in [0, 0.05) is 11.3 Å². The van der Waals surface area contributed by atoms with Crippen LogP contribution in [0.5, 0.6) is 5.75 Å². The molecule has 1 N–H and O–H groups in total. The van der Waals surface area contributed by atoms with Gasteiger partial charge in [-0.2, -0.15) is 4.98 Å². The Balaban J connectivity index is 1.60. The largest absolute Gasteiger partial charge is 0.494 e. The number of rotatable bonds is 6. The van der Waals surface area contributed by atoms with Gasteiger partial charge in [0.25, 0.3) is 5.89 Å². The van der Waals surface area contributed by atoms with Gasteiger partial charge in [0.2, 0.25) is 5.82 Å². The van der Waals surface area contributed by atoms with Gasteiger partial charge in [-0.25, -0.2) is 4.39 Å². The summed E-state index contributed by atoms with van der Waals surface area (Å²) in [5.74, 6) is 1.25. The number of thiocarbonyl (C=S) groups is 1. The molecule has 176 valence electrons. The Kier molecular flexibility index (Phi) is 6.29. The van der Waals surface area contributed by atoms with Gasteiger partial charge in [0.1, 0.15) is 11.6 Å². The molecule has 4 aromatic rings. The van der Waals surface area contributed by atoms with Crippen LogP contribution in [0.25, 0.3) is 17.0 Å². The first kappa shape index (κ1) is 22.7. The van der Waals surface area contributed by atoms with Crippen LogP contribution in [0.2, 0.25) is 0 Å². The second-order valence-corrected chi connectivity index (χ2v) is 8.37. The Morgan fingerprint density at radius 1 is 1.06 bits per heavy atom. The van der Waals surface area contributed by atoms with E-state index in [1.807, 2.05) is 68.4 Å². The first-order valence-electron chi connectivity index (χ1n) is 11.2. The summed E-state index contributed by atoms with van der Waals surface area (Å²) in [6, 6.07) is 23.4. The molecule has 3 aromatic carbocycles. The van der Waals surface area contributed by atoms with Crippen molar-refractivity contribution in [1.82, 2.24) is 15.5 Å². The highest BCUT2D eigenvalue weighted by Crippen LogP contribution is 2.39. The summed E-state index contributed by atoms with van der Waals surface area (Å²) >= 11 is 5.70. The van der Waals surface area contributed by atoms with Gasteiger partial charge in [-0.3, -0.25) is 4.90 Å². The highest BCUT2D eigenvalue weighted by Gasteiger charge is 2.34. The van der Waals surface area contributed by atoms with E-state index in [1.165, 1.54) is 12.1 Å². The molecule has 0 spiro atoms. The quantitative estimate of drug-likeness (QED) is 0.328. The number of ether oxygens (including phenoxy) is 1. The Morgan fingerprint density at radius 3 is 2.54 bits per heavy atom. The number of hydrogen-bond acceptors (Lipinski definition) is 5. The molecule has 35 heavy (non-hydrogen) atoms. The summed E-state index contributed by atoms with van der Waals surface area (Å²) < 4.78 is 25.3. The van der Waals surface area contributed by atoms with E-state index in [-0.39, 0.29) is 11.9 Å². The highest BCUT2D eigenvalue weighted by molar-refractivity contribution is 7.80. The molecule has 0 fully saturated rings. The topological polar surface area (TPSA) is 63.4 Å². The Bertz CT molecular complexity index is 1390. The van der Waals surface area contributed by atoms with Crippen LogP contribution in [-0.2, 0) is 0 Å². The molecule has 1 aromatic heterocycles. The van der Waals surface area contributed by atoms with Crippen molar-refractivity contribution in [3.8, 4) is 17.1 Å². The van der Waals surface area contributed by atoms with Crippen LogP contribution >= 0.6 is 12.2 Å². The minimum atomic E-state index is -0.347. The van der Waals surface area contributed by atoms with E-state index in [0.29, 0.717) is 29.1 Å². The molecular weight excluding hydrogens is 463 g/mol. The summed E-state index contributed by atoms with van der Waals surface area (Å²) in [6.45, 7) is 4.45. The maximum absolute atomic E-state index is 14.0. The molecule has 0 amide bonds. The fourth-order valence-corrected chi connectivity index (χ4v) is 4.52. The number of nitrogens with one attached hydrogen (secondary N) is 1. The SMILES string of the molecule is CCOc1ccc(-c2noc(C3=C(C)N(c4cccc(F)c4)C(=S)NC3c3ccccc3)n2)cc1. The molecule has 0 saturated heterocycles. The third kappa shape index (κ3) is 4.52. The Hall–Kier alpha value is -4.04. The van der Waals surface area contributed by atoms with E-state index >= 15 is 0 Å². The lowest BCUT2D eigenvalue weighted by atomic mass is 9.94. The van der Waals surface area contributed by atoms with Crippen LogP contribution in [0, 0.1) is 5.82 Å². The Morgan fingerprint density at radius 2 is 1.83 bits per heavy atom. The highest BCUT2D eigenvalue weighted by atomic mass is 32.1. The van der Waals surface area contributed by atoms with Crippen LogP contribution < -0.4 is 15.0 Å². The van der Waals surface area contributed by atoms with Crippen molar-refractivity contribution in [2.75, 3.05) is 11.5 Å². The molecule has 5 rings (SSSR count). The third-order valence-corrected chi connectivity index (χ3v) is 6.06. The van der Waals surface area contributed by atoms with Gasteiger partial charge < -0.3 is 14.6 Å². The van der Waals surface area contributed by atoms with E-state index in [0.717, 1.165) is 28.1 Å². The summed E-state index contributed by atoms with van der Waals surface area (Å²) in [6.07, 6.45) is 0. The van der Waals surface area contributed by atoms with Gasteiger partial charge in [-0.15, -0.1) is 0 Å². The predicted octanol–water partition coefficient (Wildman–Crippen LogP) is 6.14. The fourth-order valence-electron chi connectivity index (χ4n) is 4.16. The van der Waals surface area contributed by atoms with Crippen molar-refractivity contribution in [1.29, 1.82) is 0 Å². The first-order valence-corrected chi connectivity index (χ1v) is 11.6. The zero-order valence-electron chi connectivity index (χ0n) is 19.2. The van der Waals surface area contributed by atoms with Gasteiger partial charge in [-0.1, -0.05) is 41.6 Å². The van der Waals surface area contributed by atoms with Crippen LogP contribution in [0.1, 0.15) is 31.3 Å². The molecule has 0 bridgehead atoms. The average molecular weight is 487 g/mol. The van der Waals surface area contributed by atoms with E-state index in [9.17, 15) is 4.39 Å². The van der Waals surface area contributed by atoms with Crippen molar-refractivity contribution >= 4 is 28.6 Å². The zero-order valence-corrected chi connectivity index (χ0v) is 20.1. The lowest BCUT2D eigenvalue weighted by Gasteiger charge is -2.37. The van der Waals surface area contributed by atoms with Crippen molar-refractivity contribution < 1.29 is 13.7 Å². The molecule has 1 unspecified atom stereocenters. The normalized spacial score (nSPS) is 15.8. The minimum Gasteiger partial charge on any atom is -0.494 e. The van der Waals surface area contributed by atoms with E-state index in [4.69, 9.17) is 26.5 Å². The van der Waals surface area contributed by atoms with Gasteiger partial charge >= 0.3 is 0 Å². The molecule has 1 atom stereocenters. The van der Waals surface area contributed by atoms with E-state index in [1.54, 1.807) is 17.0 Å². The lowest BCUT2D eigenvalue weighted by molar-refractivity contribution is 0.340. The Labute approximate surface area is 208 Å². The minimum absolute atomic E-state index is 0.317. The number of benzene rings is 3. The smallest absolute Gasteiger partial charge is 0.258 e. The average Bonchev–Trinajstić information content (AvgIpc) is 3.35. The number of halogens is 1. The molecule has 6 nitrogen and oxygen atoms in total. The summed E-state index contributed by atoms with van der Waals surface area (Å²) in [5.41, 5.74) is 3.94. The molecule has 8 heteroatoms. The first-order chi connectivity index (χ1) is 17.0. The molecule has 0 saturated carbocycles. The van der Waals surface area contributed by atoms with Gasteiger partial charge in [0.05, 0.1) is 23.9 Å². The lowest BCUT2D eigenvalue weighted by Crippen LogP contribution is -2.46. The molecule has 0 aliphatic carbocycles. The van der Waals surface area contributed by atoms with Gasteiger partial charge in [0.15, 0.2) is 5.11 Å². The second-order valence-electron chi connectivity index (χ2n) is 7.99. The van der Waals surface area contributed by atoms with Crippen LogP contribution in [0.4, 0.5) is 10.1 Å². The monoisotopic (exact) mass is 486 g/mol. The summed E-state index contributed by atoms with van der Waals surface area (Å²) in [5, 5.41) is 8.07. The second kappa shape index (κ2) is 9.68. The number of hydrogen-bond donors (Lipinski definition) is 1. The molecular formula is C27H23FN4O2S. The maximum Gasteiger partial charge on any atom is 0.258 e. The van der Waals surface area contributed by atoms with Crippen LogP contribution in [0.3, 0.4) is 0 Å². The third-order valence-electron chi connectivity index (χ3n) is 5.76. The number of aromatic nitrogens is 2. The van der Waals surface area contributed by atoms with Crippen molar-refractivity contribution in [3.63, 3.8) is 0 Å². The number of nitrogens with zero attached hydrogens (tertiary/aromatic N) is 3. The molecule has 1 aliphatic rings. The van der Waals surface area contributed by atoms with Crippen molar-refractivity contribution in [3.05, 3.63) is 102 Å². The maximum atomic E-state index is 14.0. The number of anilines is 1. The fraction of sp³-hybridized carbons (Fsp3) is 0.148. The molecule has 2 heterocycles. The molecule has 1 aliphatic heterocycles. The standard InChI is InChI=1S/C27H23FN4O2S/c1-3-33-22-14-12-19(13-15-22)25-30-26(34-31-25)23-17(2)32(21-11-7-10-20(28)16-21)27(35)29-24(23)18-8-5-4-6-9-18/h4-16,24H,3H2,1-2H3,(H,29,35). The van der Waals surface area contributed by atoms with E-state index in [2.05, 4.69) is 10.5 Å². The summed E-state index contributed by atoms with van der Waals surface area (Å²) in [4.78, 5) is 6.50. The van der Waals surface area contributed by atoms with Crippen LogP contribution in [0.15, 0.2) is 89.1 Å². The van der Waals surface area contributed by atoms with Gasteiger partial charge in [-0.05, 0) is 74.1 Å². The van der Waals surface area contributed by atoms with Crippen molar-refractivity contribution in [2.24, 2.45) is 0 Å². The number of allylic oxidation sites excluding steroid dienone is 1. The zero-order chi connectivity index (χ0) is 24.4. The molecule has 0 radical (unpaired) electrons. The van der Waals surface area contributed by atoms with E-state index < -0.39 is 0 Å². The predicted molar refractivity (Wildman–Crippen MR) is 137 cm³/mol. The van der Waals surface area contributed by atoms with Crippen LogP contribution in [-0.4, -0.2) is 21.9 Å². The van der Waals surface area contributed by atoms with Crippen molar-refractivity contribution in [2.45, 2.75) is 19.9 Å². The summed E-state index contributed by atoms with van der Waals surface area (Å²) in [7, 11) is 0.